The van der Waals surface area contributed by atoms with Crippen molar-refractivity contribution in [2.75, 3.05) is 10.2 Å². The maximum atomic E-state index is 11.8. The van der Waals surface area contributed by atoms with Gasteiger partial charge in [0.15, 0.2) is 5.78 Å². The van der Waals surface area contributed by atoms with E-state index < -0.39 is 5.66 Å². The maximum absolute atomic E-state index is 11.8. The molecular formula is C16H20BrN5O. The molecule has 1 spiro atoms. The Labute approximate surface area is 143 Å². The van der Waals surface area contributed by atoms with E-state index in [0.717, 1.165) is 31.4 Å². The molecule has 2 aliphatic rings. The van der Waals surface area contributed by atoms with Crippen LogP contribution in [0.3, 0.4) is 0 Å². The van der Waals surface area contributed by atoms with Crippen LogP contribution in [0.4, 0.5) is 5.69 Å². The summed E-state index contributed by atoms with van der Waals surface area (Å²) in [5, 5.41) is 0.310. The summed E-state index contributed by atoms with van der Waals surface area (Å²) in [4.78, 5) is 22.5. The van der Waals surface area contributed by atoms with Crippen molar-refractivity contribution in [3.8, 4) is 0 Å². The van der Waals surface area contributed by atoms with E-state index >= 15 is 0 Å². The molecule has 0 radical (unpaired) electrons. The summed E-state index contributed by atoms with van der Waals surface area (Å²) in [7, 11) is 0. The van der Waals surface area contributed by atoms with Crippen LogP contribution < -0.4 is 16.4 Å². The number of nitrogens with two attached hydrogens (primary N) is 2. The second-order valence-corrected chi connectivity index (χ2v) is 6.48. The number of alkyl halides is 1. The first-order valence-electron chi connectivity index (χ1n) is 7.75. The number of halogens is 1. The van der Waals surface area contributed by atoms with Crippen molar-refractivity contribution in [2.24, 2.45) is 21.5 Å². The van der Waals surface area contributed by atoms with E-state index in [1.165, 1.54) is 6.42 Å². The Morgan fingerprint density at radius 1 is 1.17 bits per heavy atom. The van der Waals surface area contributed by atoms with Gasteiger partial charge in [-0.25, -0.2) is 4.99 Å². The molecule has 1 aromatic carbocycles. The Bertz CT molecular complexity index is 662. The Kier molecular flexibility index (Phi) is 4.39. The number of carbonyl (C=O) groups excluding carboxylic acids is 1. The lowest BCUT2D eigenvalue weighted by Crippen LogP contribution is -2.58. The van der Waals surface area contributed by atoms with Gasteiger partial charge in [0.25, 0.3) is 0 Å². The molecule has 7 heteroatoms. The fourth-order valence-electron chi connectivity index (χ4n) is 3.37. The quantitative estimate of drug-likeness (QED) is 0.623. The molecule has 122 valence electrons. The van der Waals surface area contributed by atoms with Gasteiger partial charge in [0, 0.05) is 11.3 Å². The standard InChI is InChI=1S/C16H20BrN5O/c17-10-13(23)11-4-6-12(7-5-11)22-15(19)20-14(18)21-16(22)8-2-1-3-9-16/h4-7H,1-3,8-10H2,(H4,18,19,20,21). The molecule has 1 aromatic rings. The smallest absolute Gasteiger partial charge is 0.220 e. The molecule has 0 amide bonds. The number of rotatable bonds is 3. The molecule has 1 heterocycles. The van der Waals surface area contributed by atoms with Gasteiger partial charge in [-0.05, 0) is 49.9 Å². The normalized spacial score (nSPS) is 20.1. The second kappa shape index (κ2) is 6.31. The van der Waals surface area contributed by atoms with E-state index in [9.17, 15) is 4.79 Å². The third-order valence-corrected chi connectivity index (χ3v) is 4.93. The topological polar surface area (TPSA) is 97.1 Å². The van der Waals surface area contributed by atoms with E-state index in [2.05, 4.69) is 25.9 Å². The average Bonchev–Trinajstić information content (AvgIpc) is 2.54. The Balaban J connectivity index is 1.98. The lowest BCUT2D eigenvalue weighted by Gasteiger charge is -2.45. The van der Waals surface area contributed by atoms with Crippen molar-refractivity contribution in [2.45, 2.75) is 37.8 Å². The van der Waals surface area contributed by atoms with Crippen LogP contribution in [-0.2, 0) is 0 Å². The minimum atomic E-state index is -0.449. The molecule has 1 fully saturated rings. The van der Waals surface area contributed by atoms with Gasteiger partial charge in [0.2, 0.25) is 11.9 Å². The summed E-state index contributed by atoms with van der Waals surface area (Å²) >= 11 is 3.19. The summed E-state index contributed by atoms with van der Waals surface area (Å²) in [6, 6.07) is 7.41. The van der Waals surface area contributed by atoms with Gasteiger partial charge in [-0.1, -0.05) is 22.4 Å². The van der Waals surface area contributed by atoms with Crippen molar-refractivity contribution in [3.05, 3.63) is 29.8 Å². The summed E-state index contributed by atoms with van der Waals surface area (Å²) in [6.45, 7) is 0. The number of nitrogens with zero attached hydrogens (tertiary/aromatic N) is 3. The second-order valence-electron chi connectivity index (χ2n) is 5.92. The van der Waals surface area contributed by atoms with E-state index in [0.29, 0.717) is 16.9 Å². The molecule has 0 unspecified atom stereocenters. The van der Waals surface area contributed by atoms with Gasteiger partial charge < -0.3 is 11.5 Å². The van der Waals surface area contributed by atoms with Crippen LogP contribution in [0.15, 0.2) is 34.3 Å². The van der Waals surface area contributed by atoms with Crippen molar-refractivity contribution in [1.82, 2.24) is 0 Å². The predicted octanol–water partition coefficient (Wildman–Crippen LogP) is 2.37. The van der Waals surface area contributed by atoms with Crippen LogP contribution in [-0.4, -0.2) is 28.7 Å². The minimum Gasteiger partial charge on any atom is -0.369 e. The molecule has 0 saturated heterocycles. The molecule has 3 rings (SSSR count). The zero-order valence-corrected chi connectivity index (χ0v) is 14.4. The summed E-state index contributed by atoms with van der Waals surface area (Å²) in [5.41, 5.74) is 13.1. The van der Waals surface area contributed by atoms with Crippen LogP contribution in [0.5, 0.6) is 0 Å². The number of hydrogen-bond acceptors (Lipinski definition) is 6. The van der Waals surface area contributed by atoms with Crippen molar-refractivity contribution < 1.29 is 4.79 Å². The van der Waals surface area contributed by atoms with Gasteiger partial charge >= 0.3 is 0 Å². The first-order valence-corrected chi connectivity index (χ1v) is 8.87. The van der Waals surface area contributed by atoms with E-state index in [4.69, 9.17) is 11.5 Å². The van der Waals surface area contributed by atoms with Gasteiger partial charge in [-0.2, -0.15) is 4.99 Å². The number of aliphatic imine (C=N–C) groups is 2. The molecule has 0 aromatic heterocycles. The Hall–Kier alpha value is -1.89. The zero-order chi connectivity index (χ0) is 16.4. The molecule has 6 nitrogen and oxygen atoms in total. The molecule has 0 atom stereocenters. The van der Waals surface area contributed by atoms with Crippen molar-refractivity contribution >= 4 is 39.3 Å². The van der Waals surface area contributed by atoms with E-state index in [1.54, 1.807) is 0 Å². The highest BCUT2D eigenvalue weighted by molar-refractivity contribution is 9.09. The SMILES string of the molecule is NC1=NC2(CCCCC2)N(c2ccc(C(=O)CBr)cc2)C(N)=N1. The lowest BCUT2D eigenvalue weighted by molar-refractivity contribution is 0.102. The van der Waals surface area contributed by atoms with E-state index in [-0.39, 0.29) is 11.7 Å². The highest BCUT2D eigenvalue weighted by Gasteiger charge is 2.42. The monoisotopic (exact) mass is 377 g/mol. The summed E-state index contributed by atoms with van der Waals surface area (Å²) < 4.78 is 0. The largest absolute Gasteiger partial charge is 0.369 e. The zero-order valence-electron chi connectivity index (χ0n) is 12.8. The van der Waals surface area contributed by atoms with E-state index in [1.807, 2.05) is 29.2 Å². The van der Waals surface area contributed by atoms with Crippen LogP contribution >= 0.6 is 15.9 Å². The molecular weight excluding hydrogens is 358 g/mol. The summed E-state index contributed by atoms with van der Waals surface area (Å²) in [5.74, 6) is 0.650. The predicted molar refractivity (Wildman–Crippen MR) is 96.1 cm³/mol. The number of guanidine groups is 2. The van der Waals surface area contributed by atoms with Crippen LogP contribution in [0, 0.1) is 0 Å². The van der Waals surface area contributed by atoms with Gasteiger partial charge in [0.05, 0.1) is 5.33 Å². The van der Waals surface area contributed by atoms with Crippen LogP contribution in [0.2, 0.25) is 0 Å². The third kappa shape index (κ3) is 2.97. The number of carbonyl (C=O) groups is 1. The first kappa shape index (κ1) is 16.0. The molecule has 1 aliphatic heterocycles. The lowest BCUT2D eigenvalue weighted by atomic mass is 9.87. The molecule has 0 bridgehead atoms. The average molecular weight is 378 g/mol. The van der Waals surface area contributed by atoms with Gasteiger partial charge in [0.1, 0.15) is 5.66 Å². The van der Waals surface area contributed by atoms with Crippen LogP contribution in [0.25, 0.3) is 0 Å². The van der Waals surface area contributed by atoms with Crippen LogP contribution in [0.1, 0.15) is 42.5 Å². The highest BCUT2D eigenvalue weighted by Crippen LogP contribution is 2.39. The molecule has 4 N–H and O–H groups in total. The number of anilines is 1. The fourth-order valence-corrected chi connectivity index (χ4v) is 3.69. The first-order chi connectivity index (χ1) is 11.1. The highest BCUT2D eigenvalue weighted by atomic mass is 79.9. The number of benzene rings is 1. The summed E-state index contributed by atoms with van der Waals surface area (Å²) in [6.07, 6.45) is 5.15. The third-order valence-electron chi connectivity index (χ3n) is 4.42. The Morgan fingerprint density at radius 2 is 1.83 bits per heavy atom. The van der Waals surface area contributed by atoms with Crippen molar-refractivity contribution in [1.29, 1.82) is 0 Å². The molecule has 23 heavy (non-hydrogen) atoms. The fraction of sp³-hybridized carbons (Fsp3) is 0.438. The molecule has 1 aliphatic carbocycles. The number of ketones is 1. The van der Waals surface area contributed by atoms with Gasteiger partial charge in [-0.15, -0.1) is 0 Å². The number of hydrogen-bond donors (Lipinski definition) is 2. The molecule has 1 saturated carbocycles. The maximum Gasteiger partial charge on any atom is 0.220 e. The number of Topliss-reactive ketones (excluding diaryl/α,β-unsaturated/α-hetero) is 1. The minimum absolute atomic E-state index is 0.0477. The Morgan fingerprint density at radius 3 is 2.43 bits per heavy atom. The van der Waals surface area contributed by atoms with Gasteiger partial charge in [-0.3, -0.25) is 9.69 Å². The van der Waals surface area contributed by atoms with Crippen molar-refractivity contribution in [3.63, 3.8) is 0 Å².